The van der Waals surface area contributed by atoms with Crippen LogP contribution >= 0.6 is 0 Å². The van der Waals surface area contributed by atoms with Crippen molar-refractivity contribution in [3.63, 3.8) is 0 Å². The zero-order valence-electron chi connectivity index (χ0n) is 11.3. The average Bonchev–Trinajstić information content (AvgIpc) is 2.32. The van der Waals surface area contributed by atoms with E-state index in [1.54, 1.807) is 0 Å². The number of hydrogen-bond acceptors (Lipinski definition) is 2. The van der Waals surface area contributed by atoms with Gasteiger partial charge in [-0.15, -0.1) is 0 Å². The van der Waals surface area contributed by atoms with E-state index < -0.39 is 5.97 Å². The summed E-state index contributed by atoms with van der Waals surface area (Å²) in [5.41, 5.74) is 0. The van der Waals surface area contributed by atoms with Gasteiger partial charge in [0, 0.05) is 18.8 Å². The van der Waals surface area contributed by atoms with Crippen molar-refractivity contribution in [2.24, 2.45) is 5.92 Å². The van der Waals surface area contributed by atoms with Crippen molar-refractivity contribution in [1.82, 2.24) is 0 Å². The van der Waals surface area contributed by atoms with Crippen molar-refractivity contribution in [1.29, 1.82) is 0 Å². The zero-order valence-corrected chi connectivity index (χ0v) is 11.3. The first-order chi connectivity index (χ1) is 8.70. The first-order valence-electron chi connectivity index (χ1n) is 7.44. The van der Waals surface area contributed by atoms with Gasteiger partial charge in [0.05, 0.1) is 0 Å². The van der Waals surface area contributed by atoms with Gasteiger partial charge < -0.3 is 5.11 Å². The molecule has 0 unspecified atom stereocenters. The number of aliphatic carboxylic acids is 1. The highest BCUT2D eigenvalue weighted by Crippen LogP contribution is 2.22. The maximum Gasteiger partial charge on any atom is 0.303 e. The highest BCUT2D eigenvalue weighted by atomic mass is 16.4. The predicted molar refractivity (Wildman–Crippen MR) is 71.5 cm³/mol. The maximum atomic E-state index is 12.0. The van der Waals surface area contributed by atoms with E-state index in [0.29, 0.717) is 18.6 Å². The van der Waals surface area contributed by atoms with Gasteiger partial charge >= 0.3 is 5.97 Å². The van der Waals surface area contributed by atoms with Crippen LogP contribution in [0, 0.1) is 5.92 Å². The number of hydrogen-bond donors (Lipinski definition) is 1. The molecule has 0 aromatic carbocycles. The molecular weight excluding hydrogens is 228 g/mol. The highest BCUT2D eigenvalue weighted by Gasteiger charge is 2.18. The normalized spacial score (nSPS) is 24.0. The summed E-state index contributed by atoms with van der Waals surface area (Å²) < 4.78 is 0. The van der Waals surface area contributed by atoms with Gasteiger partial charge in [-0.3, -0.25) is 9.59 Å². The smallest absolute Gasteiger partial charge is 0.303 e. The summed E-state index contributed by atoms with van der Waals surface area (Å²) in [4.78, 5) is 22.7. The van der Waals surface area contributed by atoms with Gasteiger partial charge in [-0.2, -0.15) is 0 Å². The molecule has 0 spiro atoms. The van der Waals surface area contributed by atoms with E-state index in [1.807, 2.05) is 0 Å². The van der Waals surface area contributed by atoms with Crippen molar-refractivity contribution in [2.45, 2.75) is 77.0 Å². The van der Waals surface area contributed by atoms with Crippen molar-refractivity contribution in [3.8, 4) is 0 Å². The topological polar surface area (TPSA) is 54.4 Å². The molecule has 104 valence electrons. The molecular formula is C15H26O3. The molecule has 3 heteroatoms. The van der Waals surface area contributed by atoms with Crippen LogP contribution in [0.5, 0.6) is 0 Å². The summed E-state index contributed by atoms with van der Waals surface area (Å²) in [7, 11) is 0. The number of rotatable bonds is 3. The minimum absolute atomic E-state index is 0.000488. The minimum Gasteiger partial charge on any atom is -0.481 e. The Labute approximate surface area is 110 Å². The van der Waals surface area contributed by atoms with Crippen molar-refractivity contribution in [2.75, 3.05) is 0 Å². The lowest BCUT2D eigenvalue weighted by molar-refractivity contribution is -0.137. The Kier molecular flexibility index (Phi) is 7.70. The number of carbonyl (C=O) groups is 2. The van der Waals surface area contributed by atoms with Crippen molar-refractivity contribution < 1.29 is 14.7 Å². The van der Waals surface area contributed by atoms with Crippen LogP contribution in [0.2, 0.25) is 0 Å². The molecule has 0 bridgehead atoms. The third-order valence-corrected chi connectivity index (χ3v) is 3.89. The summed E-state index contributed by atoms with van der Waals surface area (Å²) in [5.74, 6) is -0.480. The summed E-state index contributed by atoms with van der Waals surface area (Å²) >= 11 is 0. The van der Waals surface area contributed by atoms with Crippen LogP contribution in [0.3, 0.4) is 0 Å². The SMILES string of the molecule is O=C(O)CC[C@H]1CCCCCCCCCCC1=O. The van der Waals surface area contributed by atoms with Crippen LogP contribution in [0.4, 0.5) is 0 Å². The Balaban J connectivity index is 2.41. The quantitative estimate of drug-likeness (QED) is 0.829. The number of carbonyl (C=O) groups excluding carboxylic acids is 1. The number of carboxylic acids is 1. The summed E-state index contributed by atoms with van der Waals surface area (Å²) in [5, 5.41) is 8.73. The Morgan fingerprint density at radius 2 is 1.56 bits per heavy atom. The Hall–Kier alpha value is -0.860. The molecule has 1 aliphatic carbocycles. The zero-order chi connectivity index (χ0) is 13.2. The molecule has 0 aromatic rings. The monoisotopic (exact) mass is 254 g/mol. The van der Waals surface area contributed by atoms with Crippen LogP contribution in [0.1, 0.15) is 77.0 Å². The molecule has 1 aliphatic rings. The third kappa shape index (κ3) is 6.77. The summed E-state index contributed by atoms with van der Waals surface area (Å²) in [6.45, 7) is 0. The summed E-state index contributed by atoms with van der Waals surface area (Å²) in [6.07, 6.45) is 11.8. The standard InChI is InChI=1S/C15H26O3/c16-14-10-8-6-4-2-1-3-5-7-9-13(14)11-12-15(17)18/h13H,1-12H2,(H,17,18)/t13-/m1/s1. The second-order valence-electron chi connectivity index (χ2n) is 5.46. The van der Waals surface area contributed by atoms with Gasteiger partial charge in [-0.25, -0.2) is 0 Å². The minimum atomic E-state index is -0.783. The molecule has 0 heterocycles. The van der Waals surface area contributed by atoms with Gasteiger partial charge in [-0.1, -0.05) is 44.9 Å². The van der Waals surface area contributed by atoms with Crippen molar-refractivity contribution >= 4 is 11.8 Å². The first kappa shape index (κ1) is 15.2. The molecule has 1 atom stereocenters. The van der Waals surface area contributed by atoms with Crippen molar-refractivity contribution in [3.05, 3.63) is 0 Å². The van der Waals surface area contributed by atoms with E-state index in [1.165, 1.54) is 32.1 Å². The molecule has 1 fully saturated rings. The van der Waals surface area contributed by atoms with Gasteiger partial charge in [-0.05, 0) is 19.3 Å². The van der Waals surface area contributed by atoms with Crippen LogP contribution in [-0.4, -0.2) is 16.9 Å². The maximum absolute atomic E-state index is 12.0. The third-order valence-electron chi connectivity index (χ3n) is 3.89. The Bertz CT molecular complexity index is 260. The predicted octanol–water partition coefficient (Wildman–Crippen LogP) is 3.95. The fourth-order valence-electron chi connectivity index (χ4n) is 2.72. The van der Waals surface area contributed by atoms with Crippen LogP contribution in [0.15, 0.2) is 0 Å². The first-order valence-corrected chi connectivity index (χ1v) is 7.44. The number of carboxylic acid groups (broad SMARTS) is 1. The lowest BCUT2D eigenvalue weighted by Crippen LogP contribution is -2.16. The van der Waals surface area contributed by atoms with E-state index >= 15 is 0 Å². The lowest BCUT2D eigenvalue weighted by atomic mass is 9.88. The van der Waals surface area contributed by atoms with E-state index in [-0.39, 0.29) is 12.3 Å². The van der Waals surface area contributed by atoms with E-state index in [0.717, 1.165) is 25.7 Å². The van der Waals surface area contributed by atoms with E-state index in [2.05, 4.69) is 0 Å². The molecule has 0 amide bonds. The molecule has 3 nitrogen and oxygen atoms in total. The average molecular weight is 254 g/mol. The molecule has 18 heavy (non-hydrogen) atoms. The van der Waals surface area contributed by atoms with E-state index in [4.69, 9.17) is 5.11 Å². The second kappa shape index (κ2) is 9.12. The molecule has 0 radical (unpaired) electrons. The number of Topliss-reactive ketones (excluding diaryl/α,β-unsaturated/α-hetero) is 1. The van der Waals surface area contributed by atoms with Crippen LogP contribution in [-0.2, 0) is 9.59 Å². The van der Waals surface area contributed by atoms with Crippen LogP contribution in [0.25, 0.3) is 0 Å². The number of ketones is 1. The molecule has 1 saturated carbocycles. The van der Waals surface area contributed by atoms with Gasteiger partial charge in [0.2, 0.25) is 0 Å². The van der Waals surface area contributed by atoms with Crippen LogP contribution < -0.4 is 0 Å². The Morgan fingerprint density at radius 1 is 1.00 bits per heavy atom. The van der Waals surface area contributed by atoms with Gasteiger partial charge in [0.25, 0.3) is 0 Å². The fourth-order valence-corrected chi connectivity index (χ4v) is 2.72. The Morgan fingerprint density at radius 3 is 2.17 bits per heavy atom. The molecule has 0 aromatic heterocycles. The van der Waals surface area contributed by atoms with E-state index in [9.17, 15) is 9.59 Å². The largest absolute Gasteiger partial charge is 0.481 e. The second-order valence-corrected chi connectivity index (χ2v) is 5.46. The fraction of sp³-hybridized carbons (Fsp3) is 0.867. The van der Waals surface area contributed by atoms with Gasteiger partial charge in [0.15, 0.2) is 0 Å². The summed E-state index contributed by atoms with van der Waals surface area (Å²) in [6, 6.07) is 0. The molecule has 0 aliphatic heterocycles. The molecule has 0 saturated heterocycles. The molecule has 1 rings (SSSR count). The highest BCUT2D eigenvalue weighted by molar-refractivity contribution is 5.81. The molecule has 1 N–H and O–H groups in total. The van der Waals surface area contributed by atoms with Gasteiger partial charge in [0.1, 0.15) is 5.78 Å². The lowest BCUT2D eigenvalue weighted by Gasteiger charge is -2.15.